The number of ether oxygens (including phenoxy) is 1. The summed E-state index contributed by atoms with van der Waals surface area (Å²) < 4.78 is 19.2. The van der Waals surface area contributed by atoms with Gasteiger partial charge in [-0.1, -0.05) is 30.3 Å². The number of hydrogen-bond acceptors (Lipinski definition) is 4. The summed E-state index contributed by atoms with van der Waals surface area (Å²) in [6, 6.07) is 14.2. The van der Waals surface area contributed by atoms with Gasteiger partial charge in [-0.05, 0) is 42.7 Å². The van der Waals surface area contributed by atoms with Gasteiger partial charge < -0.3 is 9.64 Å². The molecule has 2 aliphatic rings. The summed E-state index contributed by atoms with van der Waals surface area (Å²) in [6.07, 6.45) is 0.611. The second-order valence-corrected chi connectivity index (χ2v) is 8.29. The maximum absolute atomic E-state index is 13.8. The maximum atomic E-state index is 13.8. The summed E-state index contributed by atoms with van der Waals surface area (Å²) in [5, 5.41) is 1.88. The van der Waals surface area contributed by atoms with Crippen molar-refractivity contribution in [2.24, 2.45) is 5.92 Å². The summed E-state index contributed by atoms with van der Waals surface area (Å²) >= 11 is 0. The first-order chi connectivity index (χ1) is 15.0. The lowest BCUT2D eigenvalue weighted by molar-refractivity contribution is -0.133. The van der Waals surface area contributed by atoms with Crippen LogP contribution in [0.3, 0.4) is 0 Å². The molecule has 4 rings (SSSR count). The van der Waals surface area contributed by atoms with Crippen LogP contribution in [0, 0.1) is 18.7 Å². The van der Waals surface area contributed by atoms with E-state index in [4.69, 9.17) is 4.74 Å². The topological polar surface area (TPSA) is 61.9 Å². The average Bonchev–Trinajstić information content (AvgIpc) is 2.81. The molecule has 7 heteroatoms. The number of aryl methyl sites for hydroxylation is 1. The van der Waals surface area contributed by atoms with E-state index in [0.717, 1.165) is 5.56 Å². The molecule has 2 aliphatic heterocycles. The highest BCUT2D eigenvalue weighted by Gasteiger charge is 2.35. The number of piperidine rings is 1. The van der Waals surface area contributed by atoms with Crippen molar-refractivity contribution in [3.8, 4) is 0 Å². The second kappa shape index (κ2) is 9.58. The third-order valence-corrected chi connectivity index (χ3v) is 6.06. The number of morpholine rings is 1. The molecule has 31 heavy (non-hydrogen) atoms. The minimum absolute atomic E-state index is 0.0406. The van der Waals surface area contributed by atoms with Crippen LogP contribution in [0.15, 0.2) is 48.5 Å². The molecule has 0 aromatic heterocycles. The number of hydrazine groups is 1. The van der Waals surface area contributed by atoms with Crippen molar-refractivity contribution in [3.63, 3.8) is 0 Å². The molecule has 0 saturated carbocycles. The number of halogens is 1. The van der Waals surface area contributed by atoms with Crippen molar-refractivity contribution in [1.82, 2.24) is 15.3 Å². The second-order valence-electron chi connectivity index (χ2n) is 8.29. The first-order valence-corrected chi connectivity index (χ1v) is 10.7. The van der Waals surface area contributed by atoms with Crippen LogP contribution in [-0.4, -0.2) is 61.1 Å². The zero-order valence-corrected chi connectivity index (χ0v) is 17.7. The molecule has 0 bridgehead atoms. The number of hydrogen-bond donors (Lipinski definition) is 1. The zero-order valence-electron chi connectivity index (χ0n) is 17.7. The van der Waals surface area contributed by atoms with Crippen LogP contribution in [0.25, 0.3) is 0 Å². The van der Waals surface area contributed by atoms with Crippen molar-refractivity contribution in [2.75, 3.05) is 39.4 Å². The van der Waals surface area contributed by atoms with Crippen LogP contribution >= 0.6 is 0 Å². The van der Waals surface area contributed by atoms with Gasteiger partial charge in [0.05, 0.1) is 19.1 Å². The predicted molar refractivity (Wildman–Crippen MR) is 115 cm³/mol. The molecule has 164 valence electrons. The van der Waals surface area contributed by atoms with Gasteiger partial charge in [-0.3, -0.25) is 15.0 Å². The van der Waals surface area contributed by atoms with Gasteiger partial charge in [0, 0.05) is 37.7 Å². The summed E-state index contributed by atoms with van der Waals surface area (Å²) in [5.74, 6) is -0.816. The Morgan fingerprint density at radius 3 is 2.52 bits per heavy atom. The Morgan fingerprint density at radius 2 is 1.81 bits per heavy atom. The van der Waals surface area contributed by atoms with Crippen LogP contribution in [0.2, 0.25) is 0 Å². The highest BCUT2D eigenvalue weighted by molar-refractivity contribution is 5.94. The van der Waals surface area contributed by atoms with Crippen LogP contribution in [0.1, 0.15) is 33.8 Å². The molecule has 1 N–H and O–H groups in total. The van der Waals surface area contributed by atoms with Gasteiger partial charge in [-0.25, -0.2) is 9.40 Å². The molecule has 2 fully saturated rings. The highest BCUT2D eigenvalue weighted by Crippen LogP contribution is 2.32. The van der Waals surface area contributed by atoms with Gasteiger partial charge in [-0.2, -0.15) is 0 Å². The fraction of sp³-hybridized carbons (Fsp3) is 0.417. The van der Waals surface area contributed by atoms with Gasteiger partial charge in [0.25, 0.3) is 5.91 Å². The zero-order chi connectivity index (χ0) is 21.8. The molecule has 0 radical (unpaired) electrons. The summed E-state index contributed by atoms with van der Waals surface area (Å²) in [5.41, 5.74) is 5.12. The number of carbonyl (C=O) groups excluding carboxylic acids is 2. The lowest BCUT2D eigenvalue weighted by Crippen LogP contribution is -2.54. The van der Waals surface area contributed by atoms with Crippen molar-refractivity contribution in [2.45, 2.75) is 19.3 Å². The van der Waals surface area contributed by atoms with Crippen LogP contribution in [-0.2, 0) is 9.53 Å². The van der Waals surface area contributed by atoms with E-state index in [-0.39, 0.29) is 29.5 Å². The normalized spacial score (nSPS) is 22.2. The fourth-order valence-electron chi connectivity index (χ4n) is 4.30. The molecule has 0 aliphatic carbocycles. The molecule has 0 spiro atoms. The van der Waals surface area contributed by atoms with Crippen molar-refractivity contribution in [1.29, 1.82) is 0 Å². The number of nitrogens with zero attached hydrogens (tertiary/aromatic N) is 2. The molecule has 2 aromatic rings. The molecule has 2 saturated heterocycles. The Hall–Kier alpha value is -2.77. The highest BCUT2D eigenvalue weighted by atomic mass is 19.1. The van der Waals surface area contributed by atoms with Crippen molar-refractivity contribution in [3.05, 3.63) is 71.0 Å². The number of benzene rings is 2. The quantitative estimate of drug-likeness (QED) is 0.818. The van der Waals surface area contributed by atoms with Gasteiger partial charge in [0.15, 0.2) is 0 Å². The fourth-order valence-corrected chi connectivity index (χ4v) is 4.30. The van der Waals surface area contributed by atoms with E-state index < -0.39 is 0 Å². The van der Waals surface area contributed by atoms with E-state index in [1.54, 1.807) is 30.0 Å². The summed E-state index contributed by atoms with van der Waals surface area (Å²) in [4.78, 5) is 28.0. The number of rotatable bonds is 4. The van der Waals surface area contributed by atoms with Crippen LogP contribution in [0.5, 0.6) is 0 Å². The Morgan fingerprint density at radius 1 is 1.06 bits per heavy atom. The third kappa shape index (κ3) is 5.11. The van der Waals surface area contributed by atoms with Gasteiger partial charge >= 0.3 is 0 Å². The first-order valence-electron chi connectivity index (χ1n) is 10.7. The monoisotopic (exact) mass is 425 g/mol. The van der Waals surface area contributed by atoms with E-state index in [9.17, 15) is 14.0 Å². The number of amides is 2. The molecule has 0 unspecified atom stereocenters. The third-order valence-electron chi connectivity index (χ3n) is 6.06. The standard InChI is InChI=1S/C24H28FN3O3/c1-17-13-19(7-8-22(17)25)20-14-21(23(29)26-28-9-11-31-12-10-28)16-27(15-20)24(30)18-5-3-2-4-6-18/h2-8,13,20-21H,9-12,14-16H2,1H3,(H,26,29)/t20-,21+/m0/s1. The maximum Gasteiger partial charge on any atom is 0.253 e. The first kappa shape index (κ1) is 21.5. The van der Waals surface area contributed by atoms with E-state index in [1.165, 1.54) is 6.07 Å². The van der Waals surface area contributed by atoms with E-state index >= 15 is 0 Å². The van der Waals surface area contributed by atoms with E-state index in [1.807, 2.05) is 29.3 Å². The van der Waals surface area contributed by atoms with Gasteiger partial charge in [-0.15, -0.1) is 0 Å². The van der Waals surface area contributed by atoms with Crippen molar-refractivity contribution >= 4 is 11.8 Å². The van der Waals surface area contributed by atoms with Gasteiger partial charge in [0.2, 0.25) is 5.91 Å². The average molecular weight is 426 g/mol. The molecule has 6 nitrogen and oxygen atoms in total. The SMILES string of the molecule is Cc1cc([C@H]2C[C@@H](C(=O)NN3CCOCC3)CN(C(=O)c3ccccc3)C2)ccc1F. The minimum Gasteiger partial charge on any atom is -0.379 e. The van der Waals surface area contributed by atoms with Gasteiger partial charge in [0.1, 0.15) is 5.82 Å². The number of likely N-dealkylation sites (tertiary alicyclic amines) is 1. The molecule has 2 aromatic carbocycles. The Kier molecular flexibility index (Phi) is 6.63. The molecule has 2 heterocycles. The summed E-state index contributed by atoms with van der Waals surface area (Å²) in [6.45, 7) is 5.05. The van der Waals surface area contributed by atoms with Crippen molar-refractivity contribution < 1.29 is 18.7 Å². The number of carbonyl (C=O) groups is 2. The molecule has 2 atom stereocenters. The predicted octanol–water partition coefficient (Wildman–Crippen LogP) is 2.74. The van der Waals surface area contributed by atoms with Crippen LogP contribution < -0.4 is 5.43 Å². The Bertz CT molecular complexity index is 931. The smallest absolute Gasteiger partial charge is 0.253 e. The Balaban J connectivity index is 1.56. The number of nitrogens with one attached hydrogen (secondary N) is 1. The molecular weight excluding hydrogens is 397 g/mol. The summed E-state index contributed by atoms with van der Waals surface area (Å²) in [7, 11) is 0. The lowest BCUT2D eigenvalue weighted by Gasteiger charge is -2.38. The van der Waals surface area contributed by atoms with Crippen LogP contribution in [0.4, 0.5) is 4.39 Å². The van der Waals surface area contributed by atoms with E-state index in [0.29, 0.717) is 56.9 Å². The van der Waals surface area contributed by atoms with E-state index in [2.05, 4.69) is 5.43 Å². The molecule has 2 amide bonds. The minimum atomic E-state index is -0.348. The Labute approximate surface area is 181 Å². The lowest BCUT2D eigenvalue weighted by atomic mass is 9.83. The molecular formula is C24H28FN3O3. The largest absolute Gasteiger partial charge is 0.379 e.